The van der Waals surface area contributed by atoms with Gasteiger partial charge in [0.1, 0.15) is 18.2 Å². The lowest BCUT2D eigenvalue weighted by molar-refractivity contribution is -0.122. The predicted molar refractivity (Wildman–Crippen MR) is 106 cm³/mol. The summed E-state index contributed by atoms with van der Waals surface area (Å²) in [6, 6.07) is 14.2. The minimum Gasteiger partial charge on any atom is -0.491 e. The first-order chi connectivity index (χ1) is 13.1. The molecule has 4 rings (SSSR count). The molecule has 140 valence electrons. The topological polar surface area (TPSA) is 56.1 Å². The number of hydrogen-bond donors (Lipinski definition) is 1. The molecule has 1 heterocycles. The normalized spacial score (nSPS) is 13.7. The minimum atomic E-state index is 0.139. The van der Waals surface area contributed by atoms with Gasteiger partial charge in [-0.1, -0.05) is 24.3 Å². The predicted octanol–water partition coefficient (Wildman–Crippen LogP) is 3.76. The zero-order valence-corrected chi connectivity index (χ0v) is 15.9. The fourth-order valence-corrected chi connectivity index (χ4v) is 3.29. The van der Waals surface area contributed by atoms with Crippen LogP contribution in [0.5, 0.6) is 5.75 Å². The Labute approximate surface area is 159 Å². The van der Waals surface area contributed by atoms with Crippen molar-refractivity contribution in [1.82, 2.24) is 14.9 Å². The van der Waals surface area contributed by atoms with E-state index < -0.39 is 0 Å². The van der Waals surface area contributed by atoms with E-state index in [2.05, 4.69) is 35.9 Å². The van der Waals surface area contributed by atoms with Gasteiger partial charge in [-0.05, 0) is 56.0 Å². The van der Waals surface area contributed by atoms with E-state index >= 15 is 0 Å². The highest BCUT2D eigenvalue weighted by Gasteiger charge is 2.29. The van der Waals surface area contributed by atoms with Crippen LogP contribution in [0.3, 0.4) is 0 Å². The van der Waals surface area contributed by atoms with Gasteiger partial charge in [-0.15, -0.1) is 0 Å². The van der Waals surface area contributed by atoms with Gasteiger partial charge in [-0.3, -0.25) is 4.79 Å². The number of nitrogens with zero attached hydrogens (tertiary/aromatic N) is 2. The summed E-state index contributed by atoms with van der Waals surface area (Å²) in [5.41, 5.74) is 4.41. The Kier molecular flexibility index (Phi) is 4.84. The van der Waals surface area contributed by atoms with E-state index in [9.17, 15) is 4.79 Å². The van der Waals surface area contributed by atoms with Gasteiger partial charge >= 0.3 is 0 Å². The monoisotopic (exact) mass is 363 g/mol. The van der Waals surface area contributed by atoms with Crippen LogP contribution in [0.4, 0.5) is 0 Å². The molecule has 5 nitrogen and oxygen atoms in total. The van der Waals surface area contributed by atoms with E-state index in [4.69, 9.17) is 9.72 Å². The van der Waals surface area contributed by atoms with Gasteiger partial charge in [0.25, 0.3) is 0 Å². The first-order valence-corrected chi connectivity index (χ1v) is 9.54. The fourth-order valence-electron chi connectivity index (χ4n) is 3.29. The average Bonchev–Trinajstić information content (AvgIpc) is 3.46. The van der Waals surface area contributed by atoms with Crippen molar-refractivity contribution in [2.24, 2.45) is 5.92 Å². The molecular weight excluding hydrogens is 338 g/mol. The van der Waals surface area contributed by atoms with Crippen LogP contribution in [0.1, 0.15) is 29.8 Å². The van der Waals surface area contributed by atoms with Crippen LogP contribution in [-0.4, -0.2) is 22.1 Å². The molecule has 1 aromatic heterocycles. The lowest BCUT2D eigenvalue weighted by Gasteiger charge is -2.13. The number of carbonyl (C=O) groups is 1. The second-order valence-corrected chi connectivity index (χ2v) is 7.21. The van der Waals surface area contributed by atoms with E-state index in [-0.39, 0.29) is 11.8 Å². The molecule has 1 saturated carbocycles. The number of para-hydroxylation sites is 2. The van der Waals surface area contributed by atoms with Crippen molar-refractivity contribution in [3.63, 3.8) is 0 Å². The highest BCUT2D eigenvalue weighted by molar-refractivity contribution is 5.81. The standard InChI is InChI=1S/C22H25N3O2/c1-15-6-5-9-20(16(15)2)27-13-12-25-19-8-4-3-7-18(19)24-21(25)14-23-22(26)17-10-11-17/h3-9,17H,10-14H2,1-2H3,(H,23,26). The molecule has 1 aliphatic rings. The third-order valence-electron chi connectivity index (χ3n) is 5.23. The summed E-state index contributed by atoms with van der Waals surface area (Å²) in [5, 5.41) is 3.02. The maximum Gasteiger partial charge on any atom is 0.223 e. The largest absolute Gasteiger partial charge is 0.491 e. The summed E-state index contributed by atoms with van der Waals surface area (Å²) in [6.07, 6.45) is 2.01. The zero-order valence-electron chi connectivity index (χ0n) is 15.9. The van der Waals surface area contributed by atoms with Gasteiger partial charge < -0.3 is 14.6 Å². The summed E-state index contributed by atoms with van der Waals surface area (Å²) in [5.74, 6) is 2.13. The molecule has 0 saturated heterocycles. The van der Waals surface area contributed by atoms with Gasteiger partial charge in [-0.25, -0.2) is 4.98 Å². The zero-order chi connectivity index (χ0) is 18.8. The molecule has 0 unspecified atom stereocenters. The Morgan fingerprint density at radius 1 is 1.19 bits per heavy atom. The van der Waals surface area contributed by atoms with Crippen molar-refractivity contribution in [2.45, 2.75) is 39.8 Å². The quantitative estimate of drug-likeness (QED) is 0.695. The molecule has 1 N–H and O–H groups in total. The number of amides is 1. The number of ether oxygens (including phenoxy) is 1. The fraction of sp³-hybridized carbons (Fsp3) is 0.364. The molecule has 3 aromatic rings. The molecule has 0 radical (unpaired) electrons. The van der Waals surface area contributed by atoms with E-state index in [1.54, 1.807) is 0 Å². The van der Waals surface area contributed by atoms with E-state index in [0.29, 0.717) is 19.7 Å². The Hall–Kier alpha value is -2.82. The number of benzene rings is 2. The minimum absolute atomic E-state index is 0.139. The number of aromatic nitrogens is 2. The SMILES string of the molecule is Cc1cccc(OCCn2c(CNC(=O)C3CC3)nc3ccccc32)c1C. The highest BCUT2D eigenvalue weighted by Crippen LogP contribution is 2.29. The van der Waals surface area contributed by atoms with Gasteiger partial charge in [0, 0.05) is 5.92 Å². The first-order valence-electron chi connectivity index (χ1n) is 9.54. The van der Waals surface area contributed by atoms with Crippen LogP contribution in [0.15, 0.2) is 42.5 Å². The number of hydrogen-bond acceptors (Lipinski definition) is 3. The van der Waals surface area contributed by atoms with Crippen LogP contribution in [0.25, 0.3) is 11.0 Å². The maximum atomic E-state index is 12.0. The van der Waals surface area contributed by atoms with Crippen LogP contribution in [-0.2, 0) is 17.9 Å². The van der Waals surface area contributed by atoms with Crippen molar-refractivity contribution in [3.8, 4) is 5.75 Å². The summed E-state index contributed by atoms with van der Waals surface area (Å²) in [7, 11) is 0. The number of carbonyl (C=O) groups excluding carboxylic acids is 1. The van der Waals surface area contributed by atoms with Crippen LogP contribution in [0, 0.1) is 19.8 Å². The van der Waals surface area contributed by atoms with Crippen LogP contribution in [0.2, 0.25) is 0 Å². The Morgan fingerprint density at radius 3 is 2.81 bits per heavy atom. The lowest BCUT2D eigenvalue weighted by atomic mass is 10.1. The van der Waals surface area contributed by atoms with Gasteiger partial charge in [0.15, 0.2) is 0 Å². The summed E-state index contributed by atoms with van der Waals surface area (Å²) in [6.45, 7) is 5.85. The third kappa shape index (κ3) is 3.82. The number of fused-ring (bicyclic) bond motifs is 1. The van der Waals surface area contributed by atoms with Crippen LogP contribution < -0.4 is 10.1 Å². The van der Waals surface area contributed by atoms with Crippen molar-refractivity contribution in [3.05, 3.63) is 59.4 Å². The molecule has 1 amide bonds. The molecule has 0 bridgehead atoms. The molecule has 0 atom stereocenters. The number of nitrogens with one attached hydrogen (secondary N) is 1. The number of rotatable bonds is 7. The van der Waals surface area contributed by atoms with Crippen molar-refractivity contribution < 1.29 is 9.53 Å². The van der Waals surface area contributed by atoms with Crippen molar-refractivity contribution in [1.29, 1.82) is 0 Å². The van der Waals surface area contributed by atoms with Crippen molar-refractivity contribution >= 4 is 16.9 Å². The molecule has 1 fully saturated rings. The third-order valence-corrected chi connectivity index (χ3v) is 5.23. The summed E-state index contributed by atoms with van der Waals surface area (Å²) >= 11 is 0. The van der Waals surface area contributed by atoms with E-state index in [1.807, 2.05) is 30.3 Å². The Balaban J connectivity index is 1.49. The summed E-state index contributed by atoms with van der Waals surface area (Å²) in [4.78, 5) is 16.7. The molecule has 0 aliphatic heterocycles. The van der Waals surface area contributed by atoms with Crippen molar-refractivity contribution in [2.75, 3.05) is 6.61 Å². The average molecular weight is 363 g/mol. The van der Waals surface area contributed by atoms with Gasteiger partial charge in [-0.2, -0.15) is 0 Å². The smallest absolute Gasteiger partial charge is 0.223 e. The van der Waals surface area contributed by atoms with E-state index in [0.717, 1.165) is 35.4 Å². The van der Waals surface area contributed by atoms with Gasteiger partial charge in [0.05, 0.1) is 24.1 Å². The number of aryl methyl sites for hydroxylation is 1. The lowest BCUT2D eigenvalue weighted by Crippen LogP contribution is -2.26. The highest BCUT2D eigenvalue weighted by atomic mass is 16.5. The van der Waals surface area contributed by atoms with Crippen LogP contribution >= 0.6 is 0 Å². The maximum absolute atomic E-state index is 12.0. The second kappa shape index (κ2) is 7.43. The Bertz CT molecular complexity index is 973. The second-order valence-electron chi connectivity index (χ2n) is 7.21. The molecule has 1 aliphatic carbocycles. The Morgan fingerprint density at radius 2 is 2.00 bits per heavy atom. The molecule has 2 aromatic carbocycles. The molecule has 0 spiro atoms. The van der Waals surface area contributed by atoms with Gasteiger partial charge in [0.2, 0.25) is 5.91 Å². The molecule has 5 heteroatoms. The molecular formula is C22H25N3O2. The summed E-state index contributed by atoms with van der Waals surface area (Å²) < 4.78 is 8.18. The van der Waals surface area contributed by atoms with E-state index in [1.165, 1.54) is 11.1 Å². The first kappa shape index (κ1) is 17.6. The number of imidazole rings is 1. The molecule has 27 heavy (non-hydrogen) atoms.